The molecule has 9 nitrogen and oxygen atoms in total. The lowest BCUT2D eigenvalue weighted by molar-refractivity contribution is -0.386. The van der Waals surface area contributed by atoms with E-state index < -0.39 is 17.1 Å². The third-order valence-electron chi connectivity index (χ3n) is 4.11. The molecule has 3 rings (SSSR count). The fraction of sp³-hybridized carbons (Fsp3) is 0.438. The van der Waals surface area contributed by atoms with E-state index in [-0.39, 0.29) is 17.0 Å². The number of methoxy groups -OCH3 is 2. The maximum Gasteiger partial charge on any atom is 0.338 e. The maximum absolute atomic E-state index is 12.2. The Balaban J connectivity index is 2.09. The van der Waals surface area contributed by atoms with Crippen LogP contribution < -0.4 is 9.47 Å². The largest absolute Gasteiger partial charge is 0.496 e. The molecule has 2 heterocycles. The summed E-state index contributed by atoms with van der Waals surface area (Å²) in [7, 11) is 2.69. The van der Waals surface area contributed by atoms with Crippen molar-refractivity contribution in [1.29, 1.82) is 0 Å². The van der Waals surface area contributed by atoms with Crippen molar-refractivity contribution >= 4 is 17.7 Å². The molecule has 0 amide bonds. The molecular weight excluding hydrogens is 332 g/mol. The molecule has 2 aliphatic heterocycles. The van der Waals surface area contributed by atoms with Gasteiger partial charge in [0.05, 0.1) is 44.0 Å². The van der Waals surface area contributed by atoms with Crippen LogP contribution in [0.4, 0.5) is 5.69 Å². The predicted molar refractivity (Wildman–Crippen MR) is 86.4 cm³/mol. The zero-order chi connectivity index (χ0) is 18.0. The normalized spacial score (nSPS) is 20.1. The summed E-state index contributed by atoms with van der Waals surface area (Å²) in [6.45, 7) is 2.06. The topological polar surface area (TPSA) is 100 Å². The van der Waals surface area contributed by atoms with Crippen molar-refractivity contribution in [1.82, 2.24) is 4.90 Å². The Kier molecular flexibility index (Phi) is 4.86. The van der Waals surface area contributed by atoms with Crippen LogP contribution in [0.1, 0.15) is 5.56 Å². The van der Waals surface area contributed by atoms with Gasteiger partial charge >= 0.3 is 11.7 Å². The van der Waals surface area contributed by atoms with Crippen molar-refractivity contribution in [2.24, 2.45) is 0 Å². The SMILES string of the molecule is COC(=O)C1=Cc2cc(OC)cc([N+](=O)[O-])c2O[C@@H]1N1CCOCC1. The van der Waals surface area contributed by atoms with Gasteiger partial charge in [-0.1, -0.05) is 0 Å². The van der Waals surface area contributed by atoms with Gasteiger partial charge in [0.2, 0.25) is 5.75 Å². The fourth-order valence-electron chi connectivity index (χ4n) is 2.87. The molecule has 1 aromatic carbocycles. The van der Waals surface area contributed by atoms with Crippen LogP contribution in [-0.4, -0.2) is 62.5 Å². The number of ether oxygens (including phenoxy) is 4. The standard InChI is InChI=1S/C16H18N2O7/c1-22-11-7-10-8-12(16(19)23-2)15(17-3-5-24-6-4-17)25-14(10)13(9-11)18(20)21/h7-9,15H,3-6H2,1-2H3/t15-/m0/s1. The molecule has 0 spiro atoms. The number of esters is 1. The van der Waals surface area contributed by atoms with Crippen molar-refractivity contribution in [3.63, 3.8) is 0 Å². The number of fused-ring (bicyclic) bond motifs is 1. The van der Waals surface area contributed by atoms with Crippen LogP contribution in [0.15, 0.2) is 17.7 Å². The molecule has 0 unspecified atom stereocenters. The zero-order valence-electron chi connectivity index (χ0n) is 13.9. The van der Waals surface area contributed by atoms with Gasteiger partial charge in [-0.25, -0.2) is 4.79 Å². The molecule has 1 saturated heterocycles. The molecule has 2 aliphatic rings. The van der Waals surface area contributed by atoms with Gasteiger partial charge in [-0.15, -0.1) is 0 Å². The number of carbonyl (C=O) groups excluding carboxylic acids is 1. The van der Waals surface area contributed by atoms with E-state index in [1.165, 1.54) is 20.3 Å². The van der Waals surface area contributed by atoms with Gasteiger partial charge < -0.3 is 18.9 Å². The summed E-state index contributed by atoms with van der Waals surface area (Å²) < 4.78 is 21.2. The van der Waals surface area contributed by atoms with Crippen LogP contribution in [-0.2, 0) is 14.3 Å². The second kappa shape index (κ2) is 7.08. The highest BCUT2D eigenvalue weighted by molar-refractivity contribution is 5.96. The third kappa shape index (κ3) is 3.28. The van der Waals surface area contributed by atoms with Gasteiger partial charge in [0, 0.05) is 18.7 Å². The van der Waals surface area contributed by atoms with E-state index in [0.29, 0.717) is 37.6 Å². The Hall–Kier alpha value is -2.65. The quantitative estimate of drug-likeness (QED) is 0.454. The van der Waals surface area contributed by atoms with E-state index in [1.54, 1.807) is 12.1 Å². The number of benzene rings is 1. The Labute approximate surface area is 143 Å². The van der Waals surface area contributed by atoms with E-state index in [9.17, 15) is 14.9 Å². The van der Waals surface area contributed by atoms with E-state index in [2.05, 4.69) is 0 Å². The molecule has 1 atom stereocenters. The summed E-state index contributed by atoms with van der Waals surface area (Å²) in [6.07, 6.45) is 0.788. The molecule has 134 valence electrons. The highest BCUT2D eigenvalue weighted by Crippen LogP contribution is 2.41. The number of hydrogen-bond donors (Lipinski definition) is 0. The molecular formula is C16H18N2O7. The number of nitro benzene ring substituents is 1. The Bertz CT molecular complexity index is 725. The third-order valence-corrected chi connectivity index (χ3v) is 4.11. The van der Waals surface area contributed by atoms with Crippen LogP contribution in [0, 0.1) is 10.1 Å². The van der Waals surface area contributed by atoms with E-state index in [0.717, 1.165) is 0 Å². The maximum atomic E-state index is 12.2. The van der Waals surface area contributed by atoms with E-state index >= 15 is 0 Å². The number of rotatable bonds is 4. The zero-order valence-corrected chi connectivity index (χ0v) is 13.9. The summed E-state index contributed by atoms with van der Waals surface area (Å²) in [5.41, 5.74) is 0.461. The monoisotopic (exact) mass is 350 g/mol. The van der Waals surface area contributed by atoms with Crippen molar-refractivity contribution in [2.75, 3.05) is 40.5 Å². The van der Waals surface area contributed by atoms with Gasteiger partial charge in [0.15, 0.2) is 6.23 Å². The van der Waals surface area contributed by atoms with Crippen LogP contribution in [0.5, 0.6) is 11.5 Å². The Morgan fingerprint density at radius 3 is 2.64 bits per heavy atom. The van der Waals surface area contributed by atoms with Gasteiger partial charge in [-0.2, -0.15) is 0 Å². The first-order valence-electron chi connectivity index (χ1n) is 7.70. The summed E-state index contributed by atoms with van der Waals surface area (Å²) in [5.74, 6) is -0.137. The van der Waals surface area contributed by atoms with Crippen LogP contribution in [0.2, 0.25) is 0 Å². The van der Waals surface area contributed by atoms with Gasteiger partial charge in [-0.3, -0.25) is 15.0 Å². The summed E-state index contributed by atoms with van der Waals surface area (Å²) >= 11 is 0. The minimum Gasteiger partial charge on any atom is -0.496 e. The molecule has 0 aliphatic carbocycles. The van der Waals surface area contributed by atoms with Crippen LogP contribution >= 0.6 is 0 Å². The lowest BCUT2D eigenvalue weighted by Gasteiger charge is -2.36. The van der Waals surface area contributed by atoms with Crippen molar-refractivity contribution in [3.05, 3.63) is 33.4 Å². The Morgan fingerprint density at radius 1 is 1.32 bits per heavy atom. The molecule has 25 heavy (non-hydrogen) atoms. The van der Waals surface area contributed by atoms with Crippen molar-refractivity contribution in [2.45, 2.75) is 6.23 Å². The van der Waals surface area contributed by atoms with Crippen molar-refractivity contribution in [3.8, 4) is 11.5 Å². The summed E-state index contributed by atoms with van der Waals surface area (Å²) in [5, 5.41) is 11.4. The van der Waals surface area contributed by atoms with Crippen LogP contribution in [0.25, 0.3) is 6.08 Å². The number of nitrogens with zero attached hydrogens (tertiary/aromatic N) is 2. The van der Waals surface area contributed by atoms with E-state index in [4.69, 9.17) is 18.9 Å². The highest BCUT2D eigenvalue weighted by Gasteiger charge is 2.37. The molecule has 0 radical (unpaired) electrons. The summed E-state index contributed by atoms with van der Waals surface area (Å²) in [4.78, 5) is 25.0. The average Bonchev–Trinajstić information content (AvgIpc) is 2.65. The van der Waals surface area contributed by atoms with Gasteiger partial charge in [0.25, 0.3) is 0 Å². The predicted octanol–water partition coefficient (Wildman–Crippen LogP) is 1.21. The van der Waals surface area contributed by atoms with Gasteiger partial charge in [0.1, 0.15) is 5.75 Å². The lowest BCUT2D eigenvalue weighted by atomic mass is 10.0. The smallest absolute Gasteiger partial charge is 0.338 e. The Morgan fingerprint density at radius 2 is 2.04 bits per heavy atom. The highest BCUT2D eigenvalue weighted by atomic mass is 16.6. The minimum atomic E-state index is -0.768. The van der Waals surface area contributed by atoms with Crippen LogP contribution in [0.3, 0.4) is 0 Å². The van der Waals surface area contributed by atoms with Crippen molar-refractivity contribution < 1.29 is 28.7 Å². The number of carbonyl (C=O) groups is 1. The summed E-state index contributed by atoms with van der Waals surface area (Å²) in [6, 6.07) is 2.88. The second-order valence-corrected chi connectivity index (χ2v) is 5.53. The molecule has 0 saturated carbocycles. The first-order chi connectivity index (χ1) is 12.0. The average molecular weight is 350 g/mol. The lowest BCUT2D eigenvalue weighted by Crippen LogP contribution is -2.49. The fourth-order valence-corrected chi connectivity index (χ4v) is 2.87. The minimum absolute atomic E-state index is 0.106. The molecule has 0 aromatic heterocycles. The van der Waals surface area contributed by atoms with E-state index in [1.807, 2.05) is 4.90 Å². The number of hydrogen-bond acceptors (Lipinski definition) is 8. The van der Waals surface area contributed by atoms with Gasteiger partial charge in [-0.05, 0) is 12.1 Å². The first kappa shape index (κ1) is 17.2. The molecule has 1 fully saturated rings. The molecule has 9 heteroatoms. The molecule has 0 bridgehead atoms. The second-order valence-electron chi connectivity index (χ2n) is 5.53. The number of nitro groups is 1. The molecule has 1 aromatic rings. The number of morpholine rings is 1. The molecule has 0 N–H and O–H groups in total. The first-order valence-corrected chi connectivity index (χ1v) is 7.70.